The summed E-state index contributed by atoms with van der Waals surface area (Å²) in [6.07, 6.45) is 2.63. The first kappa shape index (κ1) is 19.9. The fraction of sp³-hybridized carbons (Fsp3) is 0.333. The zero-order valence-electron chi connectivity index (χ0n) is 15.3. The molecule has 0 radical (unpaired) electrons. The van der Waals surface area contributed by atoms with E-state index in [-0.39, 0.29) is 5.97 Å². The van der Waals surface area contributed by atoms with Crippen LogP contribution in [-0.2, 0) is 9.53 Å². The molecule has 26 heavy (non-hydrogen) atoms. The summed E-state index contributed by atoms with van der Waals surface area (Å²) >= 11 is 5.45. The quantitative estimate of drug-likeness (QED) is 0.518. The summed E-state index contributed by atoms with van der Waals surface area (Å²) in [7, 11) is 0. The lowest BCUT2D eigenvalue weighted by Gasteiger charge is -2.20. The highest BCUT2D eigenvalue weighted by atomic mass is 32.1. The first-order valence-corrected chi connectivity index (χ1v) is 9.45. The summed E-state index contributed by atoms with van der Waals surface area (Å²) in [5.74, 6) is -0.263. The highest BCUT2D eigenvalue weighted by molar-refractivity contribution is 7.80. The molecule has 2 N–H and O–H groups in total. The van der Waals surface area contributed by atoms with Gasteiger partial charge in [0, 0.05) is 11.3 Å². The van der Waals surface area contributed by atoms with Gasteiger partial charge >= 0.3 is 5.97 Å². The number of anilines is 1. The largest absolute Gasteiger partial charge is 0.464 e. The van der Waals surface area contributed by atoms with E-state index in [9.17, 15) is 4.79 Å². The maximum absolute atomic E-state index is 12.2. The molecule has 0 saturated heterocycles. The normalized spacial score (nSPS) is 11.5. The van der Waals surface area contributed by atoms with Gasteiger partial charge in [-0.15, -0.1) is 0 Å². The highest BCUT2D eigenvalue weighted by Crippen LogP contribution is 2.27. The van der Waals surface area contributed by atoms with Crippen LogP contribution in [0.5, 0.6) is 0 Å². The van der Waals surface area contributed by atoms with Crippen LogP contribution in [0, 0.1) is 0 Å². The molecule has 5 heteroatoms. The molecule has 0 fully saturated rings. The highest BCUT2D eigenvalue weighted by Gasteiger charge is 2.20. The predicted octanol–water partition coefficient (Wildman–Crippen LogP) is 4.76. The van der Waals surface area contributed by atoms with Gasteiger partial charge in [-0.05, 0) is 37.2 Å². The van der Waals surface area contributed by atoms with E-state index in [1.165, 1.54) is 0 Å². The van der Waals surface area contributed by atoms with Crippen LogP contribution in [0.4, 0.5) is 5.69 Å². The summed E-state index contributed by atoms with van der Waals surface area (Å²) in [6.45, 7) is 4.26. The van der Waals surface area contributed by atoms with Crippen LogP contribution in [0.25, 0.3) is 11.1 Å². The Bertz CT molecular complexity index is 719. The van der Waals surface area contributed by atoms with Crippen molar-refractivity contribution in [1.29, 1.82) is 0 Å². The molecule has 1 unspecified atom stereocenters. The summed E-state index contributed by atoms with van der Waals surface area (Å²) < 4.78 is 5.16. The Morgan fingerprint density at radius 2 is 1.77 bits per heavy atom. The third-order valence-corrected chi connectivity index (χ3v) is 4.20. The number of ether oxygens (including phenoxy) is 1. The minimum atomic E-state index is -0.432. The van der Waals surface area contributed by atoms with Gasteiger partial charge in [0.05, 0.1) is 6.61 Å². The average Bonchev–Trinajstić information content (AvgIpc) is 2.66. The average molecular weight is 371 g/mol. The van der Waals surface area contributed by atoms with Crippen molar-refractivity contribution < 1.29 is 9.53 Å². The monoisotopic (exact) mass is 370 g/mol. The number of hydrogen-bond acceptors (Lipinski definition) is 3. The smallest absolute Gasteiger partial charge is 0.328 e. The minimum Gasteiger partial charge on any atom is -0.464 e. The predicted molar refractivity (Wildman–Crippen MR) is 111 cm³/mol. The molecular formula is C21H26N2O2S. The van der Waals surface area contributed by atoms with Crippen LogP contribution < -0.4 is 10.6 Å². The number of carbonyl (C=O) groups excluding carboxylic acids is 1. The van der Waals surface area contributed by atoms with Crippen LogP contribution >= 0.6 is 12.2 Å². The van der Waals surface area contributed by atoms with E-state index >= 15 is 0 Å². The SMILES string of the molecule is CCCCC(NC(=S)Nc1ccccc1-c1ccccc1)C(=O)OCC. The second-order valence-electron chi connectivity index (χ2n) is 5.96. The lowest BCUT2D eigenvalue weighted by atomic mass is 10.0. The Kier molecular flexibility index (Phi) is 8.09. The molecule has 0 saturated carbocycles. The molecule has 0 bridgehead atoms. The van der Waals surface area contributed by atoms with Gasteiger partial charge in [0.25, 0.3) is 0 Å². The molecule has 1 atom stereocenters. The van der Waals surface area contributed by atoms with E-state index in [2.05, 4.69) is 29.7 Å². The lowest BCUT2D eigenvalue weighted by Crippen LogP contribution is -2.43. The van der Waals surface area contributed by atoms with Gasteiger partial charge in [-0.25, -0.2) is 4.79 Å². The van der Waals surface area contributed by atoms with Gasteiger partial charge in [-0.3, -0.25) is 0 Å². The maximum atomic E-state index is 12.2. The van der Waals surface area contributed by atoms with Crippen LogP contribution in [0.2, 0.25) is 0 Å². The second kappa shape index (κ2) is 10.6. The molecule has 0 aliphatic rings. The number of hydrogen-bond donors (Lipinski definition) is 2. The molecule has 0 aliphatic carbocycles. The molecule has 0 aliphatic heterocycles. The Morgan fingerprint density at radius 3 is 2.46 bits per heavy atom. The van der Waals surface area contributed by atoms with Gasteiger partial charge in [0.15, 0.2) is 5.11 Å². The third kappa shape index (κ3) is 5.85. The fourth-order valence-electron chi connectivity index (χ4n) is 2.68. The van der Waals surface area contributed by atoms with Crippen molar-refractivity contribution in [2.75, 3.05) is 11.9 Å². The lowest BCUT2D eigenvalue weighted by molar-refractivity contribution is -0.145. The Balaban J connectivity index is 2.10. The number of carbonyl (C=O) groups is 1. The number of para-hydroxylation sites is 1. The van der Waals surface area contributed by atoms with Gasteiger partial charge < -0.3 is 15.4 Å². The number of esters is 1. The molecule has 0 amide bonds. The maximum Gasteiger partial charge on any atom is 0.328 e. The summed E-state index contributed by atoms with van der Waals surface area (Å²) in [5.41, 5.74) is 3.05. The molecule has 0 heterocycles. The molecular weight excluding hydrogens is 344 g/mol. The minimum absolute atomic E-state index is 0.263. The van der Waals surface area contributed by atoms with E-state index < -0.39 is 6.04 Å². The number of nitrogens with one attached hydrogen (secondary N) is 2. The summed E-state index contributed by atoms with van der Waals surface area (Å²) in [4.78, 5) is 12.2. The van der Waals surface area contributed by atoms with E-state index in [0.717, 1.165) is 29.7 Å². The van der Waals surface area contributed by atoms with Crippen molar-refractivity contribution in [3.05, 3.63) is 54.6 Å². The number of benzene rings is 2. The molecule has 4 nitrogen and oxygen atoms in total. The number of rotatable bonds is 8. The molecule has 2 aromatic carbocycles. The van der Waals surface area contributed by atoms with Crippen LogP contribution in [0.15, 0.2) is 54.6 Å². The summed E-state index contributed by atoms with van der Waals surface area (Å²) in [5, 5.41) is 6.75. The van der Waals surface area contributed by atoms with Crippen molar-refractivity contribution >= 4 is 29.0 Å². The Morgan fingerprint density at radius 1 is 1.08 bits per heavy atom. The van der Waals surface area contributed by atoms with Crippen LogP contribution in [-0.4, -0.2) is 23.7 Å². The molecule has 138 valence electrons. The van der Waals surface area contributed by atoms with Crippen molar-refractivity contribution in [3.8, 4) is 11.1 Å². The summed E-state index contributed by atoms with van der Waals surface area (Å²) in [6, 6.07) is 17.6. The standard InChI is InChI=1S/C21H26N2O2S/c1-3-5-14-19(20(24)25-4-2)23-21(26)22-18-15-10-9-13-17(18)16-11-7-6-8-12-16/h6-13,15,19H,3-5,14H2,1-2H3,(H2,22,23,26). The van der Waals surface area contributed by atoms with E-state index in [4.69, 9.17) is 17.0 Å². The van der Waals surface area contributed by atoms with Gasteiger partial charge in [-0.1, -0.05) is 68.3 Å². The molecule has 0 aromatic heterocycles. The first-order valence-electron chi connectivity index (χ1n) is 9.04. The first-order chi connectivity index (χ1) is 12.7. The van der Waals surface area contributed by atoms with E-state index in [1.807, 2.05) is 49.4 Å². The van der Waals surface area contributed by atoms with Crippen molar-refractivity contribution in [3.63, 3.8) is 0 Å². The van der Waals surface area contributed by atoms with Gasteiger partial charge in [0.2, 0.25) is 0 Å². The fourth-order valence-corrected chi connectivity index (χ4v) is 2.93. The third-order valence-electron chi connectivity index (χ3n) is 3.98. The zero-order valence-corrected chi connectivity index (χ0v) is 16.1. The van der Waals surface area contributed by atoms with E-state index in [0.29, 0.717) is 18.1 Å². The van der Waals surface area contributed by atoms with Crippen LogP contribution in [0.3, 0.4) is 0 Å². The van der Waals surface area contributed by atoms with Gasteiger partial charge in [-0.2, -0.15) is 0 Å². The molecule has 0 spiro atoms. The molecule has 2 rings (SSSR count). The number of thiocarbonyl (C=S) groups is 1. The van der Waals surface area contributed by atoms with Crippen molar-refractivity contribution in [1.82, 2.24) is 5.32 Å². The van der Waals surface area contributed by atoms with E-state index in [1.54, 1.807) is 0 Å². The van der Waals surface area contributed by atoms with Crippen molar-refractivity contribution in [2.45, 2.75) is 39.2 Å². The molecule has 2 aromatic rings. The van der Waals surface area contributed by atoms with Gasteiger partial charge in [0.1, 0.15) is 6.04 Å². The number of unbranched alkanes of at least 4 members (excludes halogenated alkanes) is 1. The topological polar surface area (TPSA) is 50.4 Å². The Hall–Kier alpha value is -2.40. The second-order valence-corrected chi connectivity index (χ2v) is 6.37. The van der Waals surface area contributed by atoms with Crippen LogP contribution in [0.1, 0.15) is 33.1 Å². The Labute approximate surface area is 161 Å². The zero-order chi connectivity index (χ0) is 18.8. The van der Waals surface area contributed by atoms with Crippen molar-refractivity contribution in [2.24, 2.45) is 0 Å².